The van der Waals surface area contributed by atoms with Gasteiger partial charge < -0.3 is 4.90 Å². The van der Waals surface area contributed by atoms with E-state index >= 15 is 0 Å². The molecular weight excluding hydrogens is 210 g/mol. The first-order valence-electron chi connectivity index (χ1n) is 7.19. The van der Waals surface area contributed by atoms with E-state index in [4.69, 9.17) is 0 Å². The van der Waals surface area contributed by atoms with Gasteiger partial charge in [0, 0.05) is 6.54 Å². The third-order valence-electron chi connectivity index (χ3n) is 4.09. The predicted molar refractivity (Wildman–Crippen MR) is 69.7 cm³/mol. The second-order valence-corrected chi connectivity index (χ2v) is 5.62. The van der Waals surface area contributed by atoms with Crippen LogP contribution in [0, 0.1) is 17.2 Å². The zero-order chi connectivity index (χ0) is 12.1. The molecule has 0 aromatic carbocycles. The van der Waals surface area contributed by atoms with Gasteiger partial charge in [0.2, 0.25) is 0 Å². The molecule has 3 nitrogen and oxygen atoms in total. The number of likely N-dealkylation sites (tertiary alicyclic amines) is 1. The van der Waals surface area contributed by atoms with Gasteiger partial charge in [-0.1, -0.05) is 13.3 Å². The monoisotopic (exact) mass is 235 g/mol. The summed E-state index contributed by atoms with van der Waals surface area (Å²) in [6.45, 7) is 6.45. The fraction of sp³-hybridized carbons (Fsp3) is 0.929. The highest BCUT2D eigenvalue weighted by Gasteiger charge is 2.46. The maximum atomic E-state index is 9.61. The highest BCUT2D eigenvalue weighted by molar-refractivity contribution is 5.16. The first-order valence-corrected chi connectivity index (χ1v) is 7.19. The zero-order valence-corrected chi connectivity index (χ0v) is 11.0. The molecule has 1 aliphatic carbocycles. The van der Waals surface area contributed by atoms with Crippen LogP contribution in [0.2, 0.25) is 0 Å². The van der Waals surface area contributed by atoms with Crippen molar-refractivity contribution in [3.05, 3.63) is 0 Å². The molecule has 1 unspecified atom stereocenters. The highest BCUT2D eigenvalue weighted by atomic mass is 15.2. The van der Waals surface area contributed by atoms with Crippen molar-refractivity contribution in [1.29, 1.82) is 5.26 Å². The summed E-state index contributed by atoms with van der Waals surface area (Å²) in [5.41, 5.74) is -0.257. The lowest BCUT2D eigenvalue weighted by atomic mass is 9.93. The molecule has 0 aromatic rings. The molecular formula is C14H25N3. The van der Waals surface area contributed by atoms with Crippen molar-refractivity contribution in [2.75, 3.05) is 26.2 Å². The van der Waals surface area contributed by atoms with Crippen LogP contribution in [0.5, 0.6) is 0 Å². The number of nitrogens with one attached hydrogen (secondary N) is 1. The van der Waals surface area contributed by atoms with E-state index in [9.17, 15) is 5.26 Å². The molecule has 0 aromatic heterocycles. The Morgan fingerprint density at radius 1 is 1.29 bits per heavy atom. The number of nitrogens with zero attached hydrogens (tertiary/aromatic N) is 2. The number of hydrogen-bond acceptors (Lipinski definition) is 3. The summed E-state index contributed by atoms with van der Waals surface area (Å²) < 4.78 is 0. The molecule has 1 saturated heterocycles. The maximum Gasteiger partial charge on any atom is 0.122 e. The van der Waals surface area contributed by atoms with Gasteiger partial charge in [-0.25, -0.2) is 0 Å². The number of nitriles is 1. The number of piperidine rings is 1. The largest absolute Gasteiger partial charge is 0.300 e. The molecule has 0 radical (unpaired) electrons. The second kappa shape index (κ2) is 5.84. The number of rotatable bonds is 6. The molecule has 2 rings (SSSR count). The molecule has 3 heteroatoms. The van der Waals surface area contributed by atoms with Crippen LogP contribution in [0.25, 0.3) is 0 Å². The third-order valence-corrected chi connectivity index (χ3v) is 4.09. The van der Waals surface area contributed by atoms with Crippen LogP contribution in [0.15, 0.2) is 0 Å². The molecule has 1 aliphatic heterocycles. The Morgan fingerprint density at radius 2 is 2.00 bits per heavy atom. The van der Waals surface area contributed by atoms with Crippen LogP contribution in [0.3, 0.4) is 0 Å². The van der Waals surface area contributed by atoms with Gasteiger partial charge in [-0.05, 0) is 57.7 Å². The molecule has 2 fully saturated rings. The fourth-order valence-electron chi connectivity index (χ4n) is 2.89. The predicted octanol–water partition coefficient (Wildman–Crippen LogP) is 2.14. The van der Waals surface area contributed by atoms with E-state index in [2.05, 4.69) is 23.2 Å². The molecule has 1 saturated carbocycles. The van der Waals surface area contributed by atoms with Crippen LogP contribution < -0.4 is 5.32 Å². The lowest BCUT2D eigenvalue weighted by Gasteiger charge is -2.36. The molecule has 17 heavy (non-hydrogen) atoms. The Kier molecular flexibility index (Phi) is 4.42. The summed E-state index contributed by atoms with van der Waals surface area (Å²) in [5.74, 6) is 0.598. The summed E-state index contributed by atoms with van der Waals surface area (Å²) in [4.78, 5) is 2.49. The molecule has 1 N–H and O–H groups in total. The minimum absolute atomic E-state index is 0.257. The Bertz CT molecular complexity index is 274. The molecule has 0 bridgehead atoms. The van der Waals surface area contributed by atoms with Crippen LogP contribution in [-0.4, -0.2) is 36.6 Å². The Hall–Kier alpha value is -0.590. The van der Waals surface area contributed by atoms with Crippen LogP contribution >= 0.6 is 0 Å². The van der Waals surface area contributed by atoms with Crippen molar-refractivity contribution in [1.82, 2.24) is 10.2 Å². The minimum atomic E-state index is -0.257. The lowest BCUT2D eigenvalue weighted by Crippen LogP contribution is -2.55. The quantitative estimate of drug-likeness (QED) is 0.766. The van der Waals surface area contributed by atoms with Crippen molar-refractivity contribution >= 4 is 0 Å². The van der Waals surface area contributed by atoms with Crippen molar-refractivity contribution in [2.45, 2.75) is 51.0 Å². The van der Waals surface area contributed by atoms with E-state index in [1.165, 1.54) is 45.2 Å². The topological polar surface area (TPSA) is 39.1 Å². The zero-order valence-electron chi connectivity index (χ0n) is 11.0. The van der Waals surface area contributed by atoms with Crippen molar-refractivity contribution in [3.8, 4) is 6.07 Å². The van der Waals surface area contributed by atoms with Gasteiger partial charge in [0.15, 0.2) is 0 Å². The van der Waals surface area contributed by atoms with Crippen LogP contribution in [0.4, 0.5) is 0 Å². The van der Waals surface area contributed by atoms with Crippen molar-refractivity contribution in [3.63, 3.8) is 0 Å². The molecule has 1 atom stereocenters. The lowest BCUT2D eigenvalue weighted by molar-refractivity contribution is 0.169. The van der Waals surface area contributed by atoms with Gasteiger partial charge >= 0.3 is 0 Å². The van der Waals surface area contributed by atoms with Gasteiger partial charge in [0.05, 0.1) is 6.07 Å². The average Bonchev–Trinajstić information content (AvgIpc) is 3.20. The van der Waals surface area contributed by atoms with E-state index in [-0.39, 0.29) is 5.54 Å². The Balaban J connectivity index is 1.96. The van der Waals surface area contributed by atoms with Gasteiger partial charge in [-0.3, -0.25) is 5.32 Å². The highest BCUT2D eigenvalue weighted by Crippen LogP contribution is 2.40. The Labute approximate surface area is 105 Å². The maximum absolute atomic E-state index is 9.61. The first-order chi connectivity index (χ1) is 8.30. The fourth-order valence-corrected chi connectivity index (χ4v) is 2.89. The van der Waals surface area contributed by atoms with Crippen LogP contribution in [-0.2, 0) is 0 Å². The first kappa shape index (κ1) is 12.9. The van der Waals surface area contributed by atoms with E-state index in [0.717, 1.165) is 19.5 Å². The van der Waals surface area contributed by atoms with E-state index in [0.29, 0.717) is 5.92 Å². The molecule has 1 heterocycles. The van der Waals surface area contributed by atoms with Gasteiger partial charge in [-0.2, -0.15) is 5.26 Å². The summed E-state index contributed by atoms with van der Waals surface area (Å²) in [6, 6.07) is 2.61. The molecule has 0 amide bonds. The average molecular weight is 235 g/mol. The van der Waals surface area contributed by atoms with Gasteiger partial charge in [0.25, 0.3) is 0 Å². The van der Waals surface area contributed by atoms with E-state index < -0.39 is 0 Å². The van der Waals surface area contributed by atoms with E-state index in [1.54, 1.807) is 0 Å². The Morgan fingerprint density at radius 3 is 2.53 bits per heavy atom. The molecule has 0 spiro atoms. The number of hydrogen-bond donors (Lipinski definition) is 1. The van der Waals surface area contributed by atoms with Gasteiger partial charge in [0.1, 0.15) is 5.54 Å². The molecule has 2 aliphatic rings. The third kappa shape index (κ3) is 3.20. The summed E-state index contributed by atoms with van der Waals surface area (Å²) in [7, 11) is 0. The minimum Gasteiger partial charge on any atom is -0.300 e. The van der Waals surface area contributed by atoms with Crippen LogP contribution in [0.1, 0.15) is 45.4 Å². The molecule has 96 valence electrons. The van der Waals surface area contributed by atoms with Crippen molar-refractivity contribution in [2.24, 2.45) is 5.92 Å². The SMILES string of the molecule is CCCNC(C#N)(CN1CCCCC1)C1CC1. The smallest absolute Gasteiger partial charge is 0.122 e. The second-order valence-electron chi connectivity index (χ2n) is 5.62. The van der Waals surface area contributed by atoms with Crippen molar-refractivity contribution < 1.29 is 0 Å². The summed E-state index contributed by atoms with van der Waals surface area (Å²) in [6.07, 6.45) is 7.55. The summed E-state index contributed by atoms with van der Waals surface area (Å²) >= 11 is 0. The normalized spacial score (nSPS) is 25.2. The summed E-state index contributed by atoms with van der Waals surface area (Å²) in [5, 5.41) is 13.1. The standard InChI is InChI=1S/C14H25N3/c1-2-8-16-14(11-15,13-6-7-13)12-17-9-4-3-5-10-17/h13,16H,2-10,12H2,1H3. The van der Waals surface area contributed by atoms with Gasteiger partial charge in [-0.15, -0.1) is 0 Å². The van der Waals surface area contributed by atoms with E-state index in [1.807, 2.05) is 0 Å².